The summed E-state index contributed by atoms with van der Waals surface area (Å²) in [4.78, 5) is 38.4. The molecule has 0 aliphatic heterocycles. The molecular formula is C29H39FO6. The molecule has 4 aliphatic carbocycles. The molecule has 0 bridgehead atoms. The van der Waals surface area contributed by atoms with E-state index in [9.17, 15) is 19.5 Å². The Bertz CT molecular complexity index is 1050. The molecule has 0 aromatic rings. The lowest BCUT2D eigenvalue weighted by Gasteiger charge is -2.63. The maximum Gasteiger partial charge on any atom is 0.306 e. The molecule has 0 unspecified atom stereocenters. The summed E-state index contributed by atoms with van der Waals surface area (Å²) in [6.07, 6.45) is 5.96. The highest BCUT2D eigenvalue weighted by Gasteiger charge is 2.77. The first-order valence-corrected chi connectivity index (χ1v) is 13.2. The molecule has 8 atom stereocenters. The van der Waals surface area contributed by atoms with Gasteiger partial charge in [-0.25, -0.2) is 4.39 Å². The predicted molar refractivity (Wildman–Crippen MR) is 132 cm³/mol. The molecule has 0 amide bonds. The SMILES string of the molecule is C=C1C=C[C@@]2(C)C(=C1)CC[C@H]1[C@@H]3C[C@H](C)[C@@](OC(=O)CC)(C(=O)COC(=O)CC)[C@@]3(C)C[C@H](O)[C@@]12F. The Morgan fingerprint density at radius 3 is 2.47 bits per heavy atom. The number of carbonyl (C=O) groups is 3. The van der Waals surface area contributed by atoms with E-state index in [1.165, 1.54) is 0 Å². The maximum absolute atomic E-state index is 17.4. The Hall–Kier alpha value is -2.28. The summed E-state index contributed by atoms with van der Waals surface area (Å²) in [6, 6.07) is 0. The van der Waals surface area contributed by atoms with Crippen LogP contribution < -0.4 is 0 Å². The van der Waals surface area contributed by atoms with Gasteiger partial charge in [0.1, 0.15) is 0 Å². The lowest BCUT2D eigenvalue weighted by atomic mass is 9.44. The second-order valence-electron chi connectivity index (χ2n) is 11.6. The number of hydrogen-bond donors (Lipinski definition) is 1. The highest BCUT2D eigenvalue weighted by atomic mass is 19.1. The number of fused-ring (bicyclic) bond motifs is 5. The summed E-state index contributed by atoms with van der Waals surface area (Å²) in [6.45, 7) is 12.3. The van der Waals surface area contributed by atoms with Gasteiger partial charge in [-0.05, 0) is 44.1 Å². The van der Waals surface area contributed by atoms with Gasteiger partial charge in [-0.3, -0.25) is 14.4 Å². The fourth-order valence-electron chi connectivity index (χ4n) is 8.08. The number of alkyl halides is 1. The molecule has 4 rings (SSSR count). The zero-order valence-electron chi connectivity index (χ0n) is 22.1. The number of aliphatic hydroxyl groups excluding tert-OH is 1. The van der Waals surface area contributed by atoms with Crippen LogP contribution in [0.5, 0.6) is 0 Å². The lowest BCUT2D eigenvalue weighted by Crippen LogP contribution is -2.70. The Labute approximate surface area is 213 Å². The Morgan fingerprint density at radius 2 is 1.83 bits per heavy atom. The van der Waals surface area contributed by atoms with Crippen LogP contribution in [0, 0.1) is 28.6 Å². The number of Topliss-reactive ketones (excluding diaryl/α,β-unsaturated/α-hetero) is 1. The van der Waals surface area contributed by atoms with Crippen LogP contribution in [0.2, 0.25) is 0 Å². The number of carbonyl (C=O) groups excluding carboxylic acids is 3. The molecule has 0 heterocycles. The number of ketones is 1. The number of esters is 2. The van der Waals surface area contributed by atoms with E-state index in [1.54, 1.807) is 13.8 Å². The van der Waals surface area contributed by atoms with Crippen LogP contribution in [-0.2, 0) is 23.9 Å². The van der Waals surface area contributed by atoms with E-state index in [-0.39, 0.29) is 25.2 Å². The average molecular weight is 503 g/mol. The van der Waals surface area contributed by atoms with Crippen molar-refractivity contribution in [3.8, 4) is 0 Å². The number of hydrogen-bond acceptors (Lipinski definition) is 6. The van der Waals surface area contributed by atoms with Crippen LogP contribution in [0.3, 0.4) is 0 Å². The number of halogens is 1. The van der Waals surface area contributed by atoms with Crippen molar-refractivity contribution in [3.05, 3.63) is 36.0 Å². The van der Waals surface area contributed by atoms with E-state index in [0.29, 0.717) is 19.3 Å². The molecule has 0 radical (unpaired) electrons. The highest BCUT2D eigenvalue weighted by Crippen LogP contribution is 2.71. The molecule has 7 heteroatoms. The molecule has 0 aromatic heterocycles. The third kappa shape index (κ3) is 3.41. The van der Waals surface area contributed by atoms with Crippen LogP contribution in [0.1, 0.15) is 73.1 Å². The molecule has 1 N–H and O–H groups in total. The highest BCUT2D eigenvalue weighted by molar-refractivity contribution is 5.93. The fraction of sp³-hybridized carbons (Fsp3) is 0.690. The molecule has 4 aliphatic rings. The topological polar surface area (TPSA) is 89.9 Å². The van der Waals surface area contributed by atoms with Gasteiger partial charge < -0.3 is 14.6 Å². The molecule has 0 saturated heterocycles. The monoisotopic (exact) mass is 502 g/mol. The first-order chi connectivity index (χ1) is 16.8. The van der Waals surface area contributed by atoms with Crippen molar-refractivity contribution in [2.75, 3.05) is 6.61 Å². The van der Waals surface area contributed by atoms with E-state index >= 15 is 4.39 Å². The summed E-state index contributed by atoms with van der Waals surface area (Å²) < 4.78 is 28.6. The average Bonchev–Trinajstić information content (AvgIpc) is 3.05. The standard InChI is InChI=1S/C29H39FO6/c1-7-24(33)35-16-23(32)29(36-25(34)8-2)18(4)14-21-20-10-9-19-13-17(3)11-12-26(19,5)28(20,30)22(31)15-27(21,29)6/h11-13,18,20-22,31H,3,7-10,14-16H2,1-2,4-6H3/t18-,20-,21-,22-,26-,27-,28-,29+/m0/s1. The first kappa shape index (κ1) is 26.8. The van der Waals surface area contributed by atoms with E-state index in [1.807, 2.05) is 39.0 Å². The van der Waals surface area contributed by atoms with Gasteiger partial charge in [-0.15, -0.1) is 0 Å². The number of aliphatic hydroxyl groups is 1. The van der Waals surface area contributed by atoms with Crippen molar-refractivity contribution in [3.63, 3.8) is 0 Å². The molecule has 0 spiro atoms. The first-order valence-electron chi connectivity index (χ1n) is 13.2. The van der Waals surface area contributed by atoms with Crippen molar-refractivity contribution in [2.24, 2.45) is 28.6 Å². The maximum atomic E-state index is 17.4. The largest absolute Gasteiger partial charge is 0.457 e. The van der Waals surface area contributed by atoms with Gasteiger partial charge in [0, 0.05) is 35.5 Å². The van der Waals surface area contributed by atoms with Gasteiger partial charge in [0.05, 0.1) is 6.10 Å². The number of allylic oxidation sites excluding steroid dienone is 5. The molecule has 0 aromatic carbocycles. The summed E-state index contributed by atoms with van der Waals surface area (Å²) in [5, 5.41) is 11.6. The van der Waals surface area contributed by atoms with Gasteiger partial charge in [-0.2, -0.15) is 0 Å². The molecular weight excluding hydrogens is 463 g/mol. The molecule has 36 heavy (non-hydrogen) atoms. The van der Waals surface area contributed by atoms with Gasteiger partial charge >= 0.3 is 11.9 Å². The summed E-state index contributed by atoms with van der Waals surface area (Å²) in [5.41, 5.74) is -3.84. The van der Waals surface area contributed by atoms with Crippen molar-refractivity contribution < 1.29 is 33.4 Å². The van der Waals surface area contributed by atoms with Crippen molar-refractivity contribution in [1.29, 1.82) is 0 Å². The van der Waals surface area contributed by atoms with E-state index in [4.69, 9.17) is 9.47 Å². The van der Waals surface area contributed by atoms with Crippen LogP contribution in [0.15, 0.2) is 36.0 Å². The van der Waals surface area contributed by atoms with Crippen molar-refractivity contribution in [2.45, 2.75) is 90.5 Å². The summed E-state index contributed by atoms with van der Waals surface area (Å²) in [5.74, 6) is -2.85. The van der Waals surface area contributed by atoms with Crippen molar-refractivity contribution in [1.82, 2.24) is 0 Å². The van der Waals surface area contributed by atoms with Crippen molar-refractivity contribution >= 4 is 17.7 Å². The Morgan fingerprint density at radius 1 is 1.17 bits per heavy atom. The van der Waals surface area contributed by atoms with E-state index in [2.05, 4.69) is 6.58 Å². The zero-order valence-corrected chi connectivity index (χ0v) is 22.1. The second-order valence-corrected chi connectivity index (χ2v) is 11.6. The molecule has 6 nitrogen and oxygen atoms in total. The predicted octanol–water partition coefficient (Wildman–Crippen LogP) is 4.80. The number of ether oxygens (including phenoxy) is 2. The normalized spacial score (nSPS) is 43.1. The van der Waals surface area contributed by atoms with E-state index < -0.39 is 64.4 Å². The summed E-state index contributed by atoms with van der Waals surface area (Å²) in [7, 11) is 0. The third-order valence-corrected chi connectivity index (χ3v) is 9.90. The zero-order chi connectivity index (χ0) is 26.7. The summed E-state index contributed by atoms with van der Waals surface area (Å²) >= 11 is 0. The number of rotatable bonds is 6. The van der Waals surface area contributed by atoms with Crippen LogP contribution >= 0.6 is 0 Å². The van der Waals surface area contributed by atoms with Crippen LogP contribution in [0.25, 0.3) is 0 Å². The smallest absolute Gasteiger partial charge is 0.306 e. The van der Waals surface area contributed by atoms with Gasteiger partial charge in [0.15, 0.2) is 17.9 Å². The van der Waals surface area contributed by atoms with Gasteiger partial charge in [0.2, 0.25) is 5.78 Å². The Kier molecular flexibility index (Phi) is 6.64. The van der Waals surface area contributed by atoms with Crippen LogP contribution in [0.4, 0.5) is 4.39 Å². The van der Waals surface area contributed by atoms with Gasteiger partial charge in [0.25, 0.3) is 0 Å². The second kappa shape index (κ2) is 8.93. The minimum Gasteiger partial charge on any atom is -0.457 e. The van der Waals surface area contributed by atoms with E-state index in [0.717, 1.165) is 11.1 Å². The minimum absolute atomic E-state index is 0.0445. The Balaban J connectivity index is 1.80. The van der Waals surface area contributed by atoms with Gasteiger partial charge in [-0.1, -0.05) is 58.1 Å². The fourth-order valence-corrected chi connectivity index (χ4v) is 8.08. The molecule has 198 valence electrons. The minimum atomic E-state index is -1.94. The molecule has 3 saturated carbocycles. The quantitative estimate of drug-likeness (QED) is 0.525. The molecule has 3 fully saturated rings. The van der Waals surface area contributed by atoms with Crippen LogP contribution in [-0.4, -0.2) is 46.8 Å². The lowest BCUT2D eigenvalue weighted by molar-refractivity contribution is -0.228. The third-order valence-electron chi connectivity index (χ3n) is 9.90.